The predicted molar refractivity (Wildman–Crippen MR) is 51.4 cm³/mol. The Bertz CT molecular complexity index is 307. The molecular weight excluding hydrogens is 234 g/mol. The second-order valence-corrected chi connectivity index (χ2v) is 4.00. The van der Waals surface area contributed by atoms with E-state index in [4.69, 9.17) is 9.47 Å². The molecular formula is C9H10BrNO2. The molecule has 2 heterocycles. The fraction of sp³-hybridized carbons (Fsp3) is 0.444. The average Bonchev–Trinajstić information content (AvgIpc) is 2.03. The van der Waals surface area contributed by atoms with Gasteiger partial charge >= 0.3 is 0 Å². The third kappa shape index (κ3) is 1.49. The fourth-order valence-electron chi connectivity index (χ4n) is 1.35. The summed E-state index contributed by atoms with van der Waals surface area (Å²) in [6, 6.07) is 2.01. The van der Waals surface area contributed by atoms with Gasteiger partial charge < -0.3 is 9.47 Å². The monoisotopic (exact) mass is 243 g/mol. The summed E-state index contributed by atoms with van der Waals surface area (Å²) < 4.78 is 11.6. The molecule has 0 amide bonds. The van der Waals surface area contributed by atoms with Crippen LogP contribution in [-0.4, -0.2) is 25.3 Å². The van der Waals surface area contributed by atoms with Crippen LogP contribution in [0.4, 0.5) is 0 Å². The van der Waals surface area contributed by atoms with Crippen LogP contribution in [0.15, 0.2) is 22.9 Å². The van der Waals surface area contributed by atoms with Crippen molar-refractivity contribution in [2.24, 2.45) is 0 Å². The molecule has 0 aromatic carbocycles. The van der Waals surface area contributed by atoms with Gasteiger partial charge in [-0.25, -0.2) is 0 Å². The molecule has 3 nitrogen and oxygen atoms in total. The lowest BCUT2D eigenvalue weighted by atomic mass is 9.93. The van der Waals surface area contributed by atoms with E-state index in [1.165, 1.54) is 0 Å². The van der Waals surface area contributed by atoms with E-state index in [9.17, 15) is 0 Å². The summed E-state index contributed by atoms with van der Waals surface area (Å²) in [6.07, 6.45) is 3.57. The van der Waals surface area contributed by atoms with Crippen LogP contribution in [0.25, 0.3) is 0 Å². The molecule has 0 radical (unpaired) electrons. The molecule has 0 unspecified atom stereocenters. The minimum Gasteiger partial charge on any atom is -0.375 e. The van der Waals surface area contributed by atoms with Gasteiger partial charge in [0.15, 0.2) is 0 Å². The highest BCUT2D eigenvalue weighted by molar-refractivity contribution is 9.10. The van der Waals surface area contributed by atoms with E-state index in [1.807, 2.05) is 12.3 Å². The second kappa shape index (κ2) is 3.36. The van der Waals surface area contributed by atoms with Crippen LogP contribution < -0.4 is 0 Å². The SMILES string of the molecule is COC1(c2cncc(Br)c2)COC1. The maximum Gasteiger partial charge on any atom is 0.141 e. The van der Waals surface area contributed by atoms with Crippen molar-refractivity contribution in [1.29, 1.82) is 0 Å². The summed E-state index contributed by atoms with van der Waals surface area (Å²) in [5.41, 5.74) is 0.798. The maximum atomic E-state index is 5.43. The second-order valence-electron chi connectivity index (χ2n) is 3.08. The van der Waals surface area contributed by atoms with Gasteiger partial charge in [-0.1, -0.05) is 0 Å². The first-order chi connectivity index (χ1) is 6.27. The van der Waals surface area contributed by atoms with Crippen molar-refractivity contribution >= 4 is 15.9 Å². The molecule has 1 aliphatic heterocycles. The number of hydrogen-bond donors (Lipinski definition) is 0. The first-order valence-electron chi connectivity index (χ1n) is 4.01. The molecule has 0 saturated carbocycles. The number of rotatable bonds is 2. The van der Waals surface area contributed by atoms with Crippen molar-refractivity contribution in [3.05, 3.63) is 28.5 Å². The largest absolute Gasteiger partial charge is 0.375 e. The quantitative estimate of drug-likeness (QED) is 0.793. The minimum absolute atomic E-state index is 0.267. The number of ether oxygens (including phenoxy) is 2. The van der Waals surface area contributed by atoms with E-state index in [1.54, 1.807) is 13.3 Å². The number of methoxy groups -OCH3 is 1. The van der Waals surface area contributed by atoms with Gasteiger partial charge in [-0.15, -0.1) is 0 Å². The van der Waals surface area contributed by atoms with Crippen LogP contribution in [0.3, 0.4) is 0 Å². The van der Waals surface area contributed by atoms with Crippen molar-refractivity contribution < 1.29 is 9.47 Å². The van der Waals surface area contributed by atoms with Crippen molar-refractivity contribution in [1.82, 2.24) is 4.98 Å². The lowest BCUT2D eigenvalue weighted by molar-refractivity contribution is -0.202. The van der Waals surface area contributed by atoms with E-state index in [-0.39, 0.29) is 5.60 Å². The standard InChI is InChI=1S/C9H10BrNO2/c1-12-9(5-13-6-9)7-2-8(10)4-11-3-7/h2-4H,5-6H2,1H3. The van der Waals surface area contributed by atoms with Crippen molar-refractivity contribution in [3.8, 4) is 0 Å². The summed E-state index contributed by atoms with van der Waals surface area (Å²) >= 11 is 3.38. The summed E-state index contributed by atoms with van der Waals surface area (Å²) in [4.78, 5) is 4.10. The van der Waals surface area contributed by atoms with E-state index in [0.29, 0.717) is 13.2 Å². The third-order valence-corrected chi connectivity index (χ3v) is 2.73. The molecule has 0 bridgehead atoms. The highest BCUT2D eigenvalue weighted by atomic mass is 79.9. The fourth-order valence-corrected chi connectivity index (χ4v) is 1.72. The lowest BCUT2D eigenvalue weighted by Crippen LogP contribution is -2.48. The summed E-state index contributed by atoms with van der Waals surface area (Å²) in [7, 11) is 1.70. The Morgan fingerprint density at radius 2 is 2.31 bits per heavy atom. The van der Waals surface area contributed by atoms with Crippen molar-refractivity contribution in [3.63, 3.8) is 0 Å². The zero-order chi connectivity index (χ0) is 9.31. The van der Waals surface area contributed by atoms with Gasteiger partial charge in [-0.2, -0.15) is 0 Å². The minimum atomic E-state index is -0.267. The van der Waals surface area contributed by atoms with Gasteiger partial charge in [0, 0.05) is 29.5 Å². The Hall–Kier alpha value is -0.450. The molecule has 2 rings (SSSR count). The summed E-state index contributed by atoms with van der Waals surface area (Å²) in [5.74, 6) is 0. The topological polar surface area (TPSA) is 31.4 Å². The van der Waals surface area contributed by atoms with E-state index in [2.05, 4.69) is 20.9 Å². The molecule has 1 aromatic rings. The number of pyridine rings is 1. The van der Waals surface area contributed by atoms with Gasteiger partial charge in [0.25, 0.3) is 0 Å². The molecule has 0 atom stereocenters. The molecule has 1 aliphatic rings. The molecule has 0 N–H and O–H groups in total. The van der Waals surface area contributed by atoms with Gasteiger partial charge in [0.05, 0.1) is 13.2 Å². The predicted octanol–water partition coefficient (Wildman–Crippen LogP) is 1.72. The van der Waals surface area contributed by atoms with Gasteiger partial charge in [0.2, 0.25) is 0 Å². The molecule has 0 spiro atoms. The van der Waals surface area contributed by atoms with Crippen LogP contribution in [0.5, 0.6) is 0 Å². The molecule has 1 fully saturated rings. The van der Waals surface area contributed by atoms with Crippen molar-refractivity contribution in [2.75, 3.05) is 20.3 Å². The van der Waals surface area contributed by atoms with E-state index < -0.39 is 0 Å². The van der Waals surface area contributed by atoms with Gasteiger partial charge in [-0.05, 0) is 22.0 Å². The summed E-state index contributed by atoms with van der Waals surface area (Å²) in [5, 5.41) is 0. The van der Waals surface area contributed by atoms with Gasteiger partial charge in [-0.3, -0.25) is 4.98 Å². The van der Waals surface area contributed by atoms with E-state index >= 15 is 0 Å². The first-order valence-corrected chi connectivity index (χ1v) is 4.80. The highest BCUT2D eigenvalue weighted by Gasteiger charge is 2.40. The Labute approximate surface area is 85.2 Å². The molecule has 0 aliphatic carbocycles. The zero-order valence-corrected chi connectivity index (χ0v) is 8.87. The summed E-state index contributed by atoms with van der Waals surface area (Å²) in [6.45, 7) is 1.23. The Kier molecular flexibility index (Phi) is 2.36. The van der Waals surface area contributed by atoms with Crippen LogP contribution in [0.2, 0.25) is 0 Å². The Balaban J connectivity index is 2.33. The molecule has 4 heteroatoms. The number of aromatic nitrogens is 1. The molecule has 70 valence electrons. The smallest absolute Gasteiger partial charge is 0.141 e. The molecule has 13 heavy (non-hydrogen) atoms. The Morgan fingerprint density at radius 3 is 2.77 bits per heavy atom. The third-order valence-electron chi connectivity index (χ3n) is 2.29. The normalized spacial score (nSPS) is 19.5. The number of nitrogens with zero attached hydrogens (tertiary/aromatic N) is 1. The Morgan fingerprint density at radius 1 is 1.54 bits per heavy atom. The first kappa shape index (κ1) is 9.12. The number of halogens is 1. The van der Waals surface area contributed by atoms with Gasteiger partial charge in [0.1, 0.15) is 5.60 Å². The van der Waals surface area contributed by atoms with Crippen LogP contribution in [0, 0.1) is 0 Å². The highest BCUT2D eigenvalue weighted by Crippen LogP contribution is 2.33. The maximum absolute atomic E-state index is 5.43. The average molecular weight is 244 g/mol. The van der Waals surface area contributed by atoms with Crippen LogP contribution in [0.1, 0.15) is 5.56 Å². The molecule has 1 saturated heterocycles. The van der Waals surface area contributed by atoms with E-state index in [0.717, 1.165) is 10.0 Å². The van der Waals surface area contributed by atoms with Crippen LogP contribution in [-0.2, 0) is 15.1 Å². The number of hydrogen-bond acceptors (Lipinski definition) is 3. The molecule has 1 aromatic heterocycles. The lowest BCUT2D eigenvalue weighted by Gasteiger charge is -2.40. The van der Waals surface area contributed by atoms with Crippen molar-refractivity contribution in [2.45, 2.75) is 5.60 Å². The van der Waals surface area contributed by atoms with Crippen LogP contribution >= 0.6 is 15.9 Å². The zero-order valence-electron chi connectivity index (χ0n) is 7.29.